The largest absolute Gasteiger partial charge is 0.465 e. The Hall–Kier alpha value is -3.41. The van der Waals surface area contributed by atoms with E-state index in [0.717, 1.165) is 12.7 Å². The second kappa shape index (κ2) is 8.53. The van der Waals surface area contributed by atoms with Gasteiger partial charge in [0.05, 0.1) is 11.1 Å². The molecule has 1 aliphatic rings. The number of rotatable bonds is 6. The standard InChI is InChI=1S/C18H22N6O5S/c1-30(28,29)13-6-4-11(5-7-13)21-17-15(16(19)25)20-9-14(23-17)24-8-2-3-12(10-24)22-18(26)27/h4-7,9,12,22H,2-3,8,10H2,1H3,(H2,19,25)(H,21,23)(H,26,27). The van der Waals surface area contributed by atoms with Crippen LogP contribution in [0, 0.1) is 0 Å². The molecule has 1 saturated heterocycles. The first kappa shape index (κ1) is 21.3. The number of anilines is 3. The molecule has 12 heteroatoms. The third-order valence-electron chi connectivity index (χ3n) is 4.61. The van der Waals surface area contributed by atoms with Gasteiger partial charge in [-0.25, -0.2) is 23.2 Å². The van der Waals surface area contributed by atoms with Crippen molar-refractivity contribution in [3.8, 4) is 0 Å². The van der Waals surface area contributed by atoms with Crippen molar-refractivity contribution in [2.24, 2.45) is 5.73 Å². The number of sulfone groups is 1. The molecular formula is C18H22N6O5S. The van der Waals surface area contributed by atoms with Gasteiger partial charge in [0.2, 0.25) is 0 Å². The first-order valence-electron chi connectivity index (χ1n) is 9.12. The number of carbonyl (C=O) groups is 2. The van der Waals surface area contributed by atoms with Crippen LogP contribution in [0.5, 0.6) is 0 Å². The molecule has 1 aromatic heterocycles. The highest BCUT2D eigenvalue weighted by molar-refractivity contribution is 7.90. The summed E-state index contributed by atoms with van der Waals surface area (Å²) in [6.45, 7) is 1.07. The fourth-order valence-electron chi connectivity index (χ4n) is 3.20. The van der Waals surface area contributed by atoms with Crippen molar-refractivity contribution in [3.63, 3.8) is 0 Å². The molecule has 0 radical (unpaired) electrons. The van der Waals surface area contributed by atoms with E-state index in [9.17, 15) is 18.0 Å². The van der Waals surface area contributed by atoms with Crippen molar-refractivity contribution in [2.75, 3.05) is 29.6 Å². The minimum atomic E-state index is -3.33. The number of carboxylic acid groups (broad SMARTS) is 1. The highest BCUT2D eigenvalue weighted by Crippen LogP contribution is 2.24. The predicted octanol–water partition coefficient (Wildman–Crippen LogP) is 0.959. The van der Waals surface area contributed by atoms with Crippen LogP contribution in [0.4, 0.5) is 22.1 Å². The predicted molar refractivity (Wildman–Crippen MR) is 110 cm³/mol. The van der Waals surface area contributed by atoms with Crippen molar-refractivity contribution < 1.29 is 23.1 Å². The number of nitrogens with zero attached hydrogens (tertiary/aromatic N) is 3. The third-order valence-corrected chi connectivity index (χ3v) is 5.74. The lowest BCUT2D eigenvalue weighted by Crippen LogP contribution is -2.47. The van der Waals surface area contributed by atoms with Crippen LogP contribution in [-0.4, -0.2) is 60.9 Å². The van der Waals surface area contributed by atoms with Gasteiger partial charge in [-0.05, 0) is 37.1 Å². The summed E-state index contributed by atoms with van der Waals surface area (Å²) in [5, 5.41) is 14.4. The molecule has 0 bridgehead atoms. The topological polar surface area (TPSA) is 168 Å². The van der Waals surface area contributed by atoms with Crippen molar-refractivity contribution in [1.29, 1.82) is 0 Å². The Balaban J connectivity index is 1.86. The molecule has 1 atom stereocenters. The van der Waals surface area contributed by atoms with E-state index in [1.807, 2.05) is 4.90 Å². The van der Waals surface area contributed by atoms with Crippen molar-refractivity contribution in [2.45, 2.75) is 23.8 Å². The molecule has 2 aromatic rings. The number of nitrogens with two attached hydrogens (primary N) is 1. The summed E-state index contributed by atoms with van der Waals surface area (Å²) in [5.41, 5.74) is 5.84. The van der Waals surface area contributed by atoms with Gasteiger partial charge >= 0.3 is 6.09 Å². The molecule has 5 N–H and O–H groups in total. The number of amides is 2. The SMILES string of the molecule is CS(=O)(=O)c1ccc(Nc2nc(N3CCCC(NC(=O)O)C3)cnc2C(N)=O)cc1. The second-order valence-electron chi connectivity index (χ2n) is 6.95. The molecule has 1 unspecified atom stereocenters. The number of nitrogens with one attached hydrogen (secondary N) is 2. The zero-order valence-electron chi connectivity index (χ0n) is 16.2. The van der Waals surface area contributed by atoms with Gasteiger partial charge < -0.3 is 26.4 Å². The third kappa shape index (κ3) is 5.14. The normalized spacial score (nSPS) is 16.7. The highest BCUT2D eigenvalue weighted by Gasteiger charge is 2.24. The Bertz CT molecular complexity index is 1060. The molecule has 2 heterocycles. The van der Waals surface area contributed by atoms with E-state index in [0.29, 0.717) is 31.0 Å². The van der Waals surface area contributed by atoms with E-state index in [-0.39, 0.29) is 22.4 Å². The van der Waals surface area contributed by atoms with E-state index >= 15 is 0 Å². The van der Waals surface area contributed by atoms with Crippen LogP contribution >= 0.6 is 0 Å². The first-order chi connectivity index (χ1) is 14.1. The lowest BCUT2D eigenvalue weighted by Gasteiger charge is -2.33. The van der Waals surface area contributed by atoms with Gasteiger partial charge in [0, 0.05) is 31.1 Å². The monoisotopic (exact) mass is 434 g/mol. The average molecular weight is 434 g/mol. The summed E-state index contributed by atoms with van der Waals surface area (Å²) in [7, 11) is -3.33. The number of hydrogen-bond acceptors (Lipinski definition) is 8. The van der Waals surface area contributed by atoms with Gasteiger partial charge in [-0.15, -0.1) is 0 Å². The summed E-state index contributed by atoms with van der Waals surface area (Å²) in [6.07, 6.45) is 2.92. The summed E-state index contributed by atoms with van der Waals surface area (Å²) < 4.78 is 23.2. The summed E-state index contributed by atoms with van der Waals surface area (Å²) in [6, 6.07) is 5.72. The molecule has 2 amide bonds. The molecule has 1 fully saturated rings. The molecule has 30 heavy (non-hydrogen) atoms. The van der Waals surface area contributed by atoms with E-state index in [1.165, 1.54) is 18.3 Å². The summed E-state index contributed by atoms with van der Waals surface area (Å²) >= 11 is 0. The molecule has 0 saturated carbocycles. The maximum Gasteiger partial charge on any atom is 0.404 e. The van der Waals surface area contributed by atoms with Gasteiger partial charge in [-0.3, -0.25) is 4.79 Å². The van der Waals surface area contributed by atoms with Crippen molar-refractivity contribution >= 4 is 39.2 Å². The van der Waals surface area contributed by atoms with E-state index in [2.05, 4.69) is 20.6 Å². The Morgan fingerprint density at radius 2 is 1.97 bits per heavy atom. The molecular weight excluding hydrogens is 412 g/mol. The second-order valence-corrected chi connectivity index (χ2v) is 8.96. The summed E-state index contributed by atoms with van der Waals surface area (Å²) in [4.78, 5) is 33.3. The van der Waals surface area contributed by atoms with Crippen LogP contribution < -0.4 is 21.3 Å². The number of aromatic nitrogens is 2. The van der Waals surface area contributed by atoms with Crippen LogP contribution in [-0.2, 0) is 9.84 Å². The van der Waals surface area contributed by atoms with E-state index in [1.54, 1.807) is 12.1 Å². The molecule has 11 nitrogen and oxygen atoms in total. The maximum atomic E-state index is 11.8. The smallest absolute Gasteiger partial charge is 0.404 e. The van der Waals surface area contributed by atoms with Crippen molar-refractivity contribution in [1.82, 2.24) is 15.3 Å². The Labute approximate surface area is 173 Å². The minimum absolute atomic E-state index is 0.0665. The quantitative estimate of drug-likeness (QED) is 0.517. The Morgan fingerprint density at radius 1 is 1.27 bits per heavy atom. The lowest BCUT2D eigenvalue weighted by molar-refractivity contribution is 0.0996. The van der Waals surface area contributed by atoms with Gasteiger partial charge in [-0.2, -0.15) is 0 Å². The van der Waals surface area contributed by atoms with Crippen LogP contribution in [0.3, 0.4) is 0 Å². The number of benzene rings is 1. The number of piperidine rings is 1. The molecule has 1 aliphatic heterocycles. The van der Waals surface area contributed by atoms with Crippen molar-refractivity contribution in [3.05, 3.63) is 36.2 Å². The van der Waals surface area contributed by atoms with Gasteiger partial charge in [-0.1, -0.05) is 0 Å². The van der Waals surface area contributed by atoms with Crippen LogP contribution in [0.25, 0.3) is 0 Å². The van der Waals surface area contributed by atoms with Crippen LogP contribution in [0.2, 0.25) is 0 Å². The van der Waals surface area contributed by atoms with Crippen LogP contribution in [0.15, 0.2) is 35.4 Å². The molecule has 0 aliphatic carbocycles. The Morgan fingerprint density at radius 3 is 2.57 bits per heavy atom. The molecule has 3 rings (SSSR count). The zero-order valence-corrected chi connectivity index (χ0v) is 17.0. The zero-order chi connectivity index (χ0) is 21.9. The minimum Gasteiger partial charge on any atom is -0.465 e. The van der Waals surface area contributed by atoms with Gasteiger partial charge in [0.15, 0.2) is 21.3 Å². The number of primary amides is 1. The number of hydrogen-bond donors (Lipinski definition) is 4. The van der Waals surface area contributed by atoms with Gasteiger partial charge in [0.1, 0.15) is 5.82 Å². The number of carbonyl (C=O) groups excluding carboxylic acids is 1. The fourth-order valence-corrected chi connectivity index (χ4v) is 3.83. The fraction of sp³-hybridized carbons (Fsp3) is 0.333. The Kier molecular flexibility index (Phi) is 6.06. The maximum absolute atomic E-state index is 11.8. The lowest BCUT2D eigenvalue weighted by atomic mass is 10.1. The highest BCUT2D eigenvalue weighted by atomic mass is 32.2. The van der Waals surface area contributed by atoms with E-state index in [4.69, 9.17) is 10.8 Å². The van der Waals surface area contributed by atoms with Gasteiger partial charge in [0.25, 0.3) is 5.91 Å². The average Bonchev–Trinajstić information content (AvgIpc) is 2.67. The molecule has 1 aromatic carbocycles. The first-order valence-corrected chi connectivity index (χ1v) is 11.0. The molecule has 160 valence electrons. The molecule has 0 spiro atoms. The van der Waals surface area contributed by atoms with E-state index < -0.39 is 21.8 Å². The summed E-state index contributed by atoms with van der Waals surface area (Å²) in [5.74, 6) is -0.180. The van der Waals surface area contributed by atoms with Crippen LogP contribution in [0.1, 0.15) is 23.3 Å².